The second kappa shape index (κ2) is 19.9. The van der Waals surface area contributed by atoms with Crippen LogP contribution in [0, 0.1) is 0 Å². The van der Waals surface area contributed by atoms with Gasteiger partial charge in [-0.1, -0.05) is 12.1 Å². The Balaban J connectivity index is 1.70. The van der Waals surface area contributed by atoms with Crippen molar-refractivity contribution in [2.24, 2.45) is 0 Å². The molecule has 4 amide bonds. The van der Waals surface area contributed by atoms with Gasteiger partial charge in [0, 0.05) is 44.7 Å². The average molecular weight is 674 g/mol. The zero-order valence-corrected chi connectivity index (χ0v) is 26.4. The van der Waals surface area contributed by atoms with E-state index in [0.29, 0.717) is 17.9 Å². The average Bonchev–Trinajstić information content (AvgIpc) is 3.49. The van der Waals surface area contributed by atoms with E-state index in [2.05, 4.69) is 27.0 Å². The third-order valence-electron chi connectivity index (χ3n) is 6.90. The van der Waals surface area contributed by atoms with E-state index in [-0.39, 0.29) is 51.3 Å². The molecule has 17 heteroatoms. The topological polar surface area (TPSA) is 287 Å². The van der Waals surface area contributed by atoms with Crippen molar-refractivity contribution in [1.29, 1.82) is 0 Å². The Bertz CT molecular complexity index is 1430. The summed E-state index contributed by atoms with van der Waals surface area (Å²) in [5, 5.41) is 43.2. The minimum Gasteiger partial charge on any atom is -0.548 e. The number of furan rings is 1. The lowest BCUT2D eigenvalue weighted by molar-refractivity contribution is -0.438. The molecular formula is C31H39N5O12-2. The highest BCUT2D eigenvalue weighted by atomic mass is 16.5. The van der Waals surface area contributed by atoms with Gasteiger partial charge in [0.15, 0.2) is 0 Å². The summed E-state index contributed by atoms with van der Waals surface area (Å²) in [5.74, 6) is -5.88. The normalized spacial score (nSPS) is 12.5. The molecule has 2 rings (SSSR count). The quantitative estimate of drug-likeness (QED) is 0.0788. The van der Waals surface area contributed by atoms with Crippen molar-refractivity contribution in [3.63, 3.8) is 0 Å². The minimum absolute atomic E-state index is 0.164. The summed E-state index contributed by atoms with van der Waals surface area (Å²) >= 11 is 0. The Kier molecular flexibility index (Phi) is 16.1. The molecule has 0 aliphatic carbocycles. The van der Waals surface area contributed by atoms with Gasteiger partial charge in [0.05, 0.1) is 42.8 Å². The fourth-order valence-electron chi connectivity index (χ4n) is 4.16. The van der Waals surface area contributed by atoms with Gasteiger partial charge in [0.1, 0.15) is 24.2 Å². The van der Waals surface area contributed by atoms with E-state index in [1.807, 2.05) is 12.1 Å². The molecule has 1 aromatic carbocycles. The van der Waals surface area contributed by atoms with Crippen molar-refractivity contribution in [3.8, 4) is 5.75 Å². The van der Waals surface area contributed by atoms with Gasteiger partial charge in [0.2, 0.25) is 23.6 Å². The Hall–Kier alpha value is -5.45. The number of aliphatic carboxylic acids is 3. The van der Waals surface area contributed by atoms with E-state index in [9.17, 15) is 48.9 Å². The molecule has 7 N–H and O–H groups in total. The number of amides is 4. The van der Waals surface area contributed by atoms with E-state index in [1.54, 1.807) is 24.5 Å². The van der Waals surface area contributed by atoms with Gasteiger partial charge in [-0.3, -0.25) is 19.2 Å². The van der Waals surface area contributed by atoms with Crippen molar-refractivity contribution in [2.45, 2.75) is 83.1 Å². The summed E-state index contributed by atoms with van der Waals surface area (Å²) in [6.45, 7) is 2.22. The van der Waals surface area contributed by atoms with Crippen molar-refractivity contribution < 1.29 is 63.8 Å². The predicted molar refractivity (Wildman–Crippen MR) is 157 cm³/mol. The monoisotopic (exact) mass is 673 g/mol. The minimum atomic E-state index is -1.69. The molecule has 2 aromatic rings. The van der Waals surface area contributed by atoms with Crippen LogP contribution in [0.25, 0.3) is 0 Å². The maximum absolute atomic E-state index is 12.3. The van der Waals surface area contributed by atoms with Crippen LogP contribution in [0.5, 0.6) is 5.75 Å². The van der Waals surface area contributed by atoms with Crippen LogP contribution in [-0.2, 0) is 53.1 Å². The summed E-state index contributed by atoms with van der Waals surface area (Å²) in [6, 6.07) is 4.67. The summed E-state index contributed by atoms with van der Waals surface area (Å²) < 4.78 is 11.1. The van der Waals surface area contributed by atoms with Gasteiger partial charge in [-0.15, -0.1) is 0 Å². The van der Waals surface area contributed by atoms with Crippen molar-refractivity contribution in [1.82, 2.24) is 21.3 Å². The van der Waals surface area contributed by atoms with Crippen LogP contribution in [0.15, 0.2) is 41.0 Å². The molecule has 1 aromatic heterocycles. The lowest BCUT2D eigenvalue weighted by atomic mass is 10.1. The number of carboxylic acid groups (broad SMARTS) is 3. The molecule has 48 heavy (non-hydrogen) atoms. The summed E-state index contributed by atoms with van der Waals surface area (Å²) in [5.41, 5.74) is 4.99. The lowest BCUT2D eigenvalue weighted by Crippen LogP contribution is -2.68. The smallest absolute Gasteiger partial charge is 0.220 e. The second-order valence-corrected chi connectivity index (χ2v) is 10.9. The van der Waals surface area contributed by atoms with Gasteiger partial charge < -0.3 is 65.9 Å². The lowest BCUT2D eigenvalue weighted by Gasteiger charge is -2.22. The first-order valence-corrected chi connectivity index (χ1v) is 15.1. The zero-order chi connectivity index (χ0) is 35.6. The molecule has 0 radical (unpaired) electrons. The number of carbonyl (C=O) groups is 7. The SMILES string of the molecule is CC(=O)NCc1cc(COc2ccc(CCNC(=O)CC[C@H](NC(=O)CC[C@H](NC(=O)CC[C@H]([NH3+])C(=O)[O-])C(=O)[O-])C(=O)[O-])cc2)co1. The summed E-state index contributed by atoms with van der Waals surface area (Å²) in [4.78, 5) is 81.1. The van der Waals surface area contributed by atoms with Crippen LogP contribution in [0.3, 0.4) is 0 Å². The van der Waals surface area contributed by atoms with Crippen LogP contribution in [0.1, 0.15) is 62.3 Å². The number of hydrogen-bond donors (Lipinski definition) is 5. The number of benzene rings is 1. The zero-order valence-electron chi connectivity index (χ0n) is 26.4. The van der Waals surface area contributed by atoms with Crippen LogP contribution in [0.4, 0.5) is 0 Å². The number of quaternary nitrogens is 1. The summed E-state index contributed by atoms with van der Waals surface area (Å²) in [6.07, 6.45) is -0.00228. The molecule has 0 unspecified atom stereocenters. The molecule has 1 heterocycles. The van der Waals surface area contributed by atoms with Crippen molar-refractivity contribution in [2.75, 3.05) is 6.54 Å². The third-order valence-corrected chi connectivity index (χ3v) is 6.90. The fraction of sp³-hybridized carbons (Fsp3) is 0.452. The predicted octanol–water partition coefficient (Wildman–Crippen LogP) is -4.68. The van der Waals surface area contributed by atoms with Crippen LogP contribution in [-0.4, -0.2) is 66.2 Å². The summed E-state index contributed by atoms with van der Waals surface area (Å²) in [7, 11) is 0. The standard InChI is InChI=1S/C31H41N5O12/c1-18(37)34-15-22-14-20(17-48-22)16-47-21-4-2-19(3-5-21)12-13-33-26(38)10-7-24(30(43)44)36-28(40)11-8-25(31(45)46)35-27(39)9-6-23(32)29(41)42/h2-5,14,17,23-25H,6-13,15-16,32H2,1H3,(H,33,38)(H,34,37)(H,35,39)(H,36,40)(H,41,42)(H,43,44)(H,45,46)/p-2/t23-,24-,25-/m0/s1. The largest absolute Gasteiger partial charge is 0.548 e. The number of nitrogens with one attached hydrogen (secondary N) is 4. The third kappa shape index (κ3) is 15.2. The maximum Gasteiger partial charge on any atom is 0.220 e. The number of rotatable bonds is 22. The molecule has 3 atom stereocenters. The van der Waals surface area contributed by atoms with E-state index >= 15 is 0 Å². The Morgan fingerprint density at radius 1 is 0.771 bits per heavy atom. The molecule has 0 fully saturated rings. The van der Waals surface area contributed by atoms with Crippen LogP contribution in [0.2, 0.25) is 0 Å². The van der Waals surface area contributed by atoms with E-state index < -0.39 is 66.6 Å². The first kappa shape index (κ1) is 38.7. The van der Waals surface area contributed by atoms with Crippen molar-refractivity contribution in [3.05, 3.63) is 53.5 Å². The van der Waals surface area contributed by atoms with Crippen LogP contribution < -0.4 is 47.1 Å². The second-order valence-electron chi connectivity index (χ2n) is 10.9. The van der Waals surface area contributed by atoms with Crippen LogP contribution >= 0.6 is 0 Å². The highest BCUT2D eigenvalue weighted by molar-refractivity contribution is 5.86. The van der Waals surface area contributed by atoms with E-state index in [1.165, 1.54) is 6.92 Å². The Morgan fingerprint density at radius 3 is 1.88 bits per heavy atom. The molecule has 0 saturated heterocycles. The van der Waals surface area contributed by atoms with Crippen molar-refractivity contribution >= 4 is 41.5 Å². The molecule has 17 nitrogen and oxygen atoms in total. The fourth-order valence-corrected chi connectivity index (χ4v) is 4.16. The molecule has 0 spiro atoms. The number of ether oxygens (including phenoxy) is 1. The molecule has 0 saturated carbocycles. The van der Waals surface area contributed by atoms with E-state index in [4.69, 9.17) is 9.15 Å². The van der Waals surface area contributed by atoms with Gasteiger partial charge >= 0.3 is 0 Å². The maximum atomic E-state index is 12.3. The molecule has 0 aliphatic heterocycles. The van der Waals surface area contributed by atoms with E-state index in [0.717, 1.165) is 11.1 Å². The highest BCUT2D eigenvalue weighted by Crippen LogP contribution is 2.16. The number of carbonyl (C=O) groups excluding carboxylic acids is 7. The molecule has 0 aliphatic rings. The van der Waals surface area contributed by atoms with Gasteiger partial charge in [-0.25, -0.2) is 0 Å². The van der Waals surface area contributed by atoms with Gasteiger partial charge in [0.25, 0.3) is 0 Å². The number of hydrogen-bond acceptors (Lipinski definition) is 12. The van der Waals surface area contributed by atoms with Gasteiger partial charge in [-0.2, -0.15) is 0 Å². The highest BCUT2D eigenvalue weighted by Gasteiger charge is 2.20. The Morgan fingerprint density at radius 2 is 1.33 bits per heavy atom. The Labute approximate surface area is 275 Å². The van der Waals surface area contributed by atoms with Gasteiger partial charge in [-0.05, 0) is 43.0 Å². The first-order valence-electron chi connectivity index (χ1n) is 15.1. The number of carboxylic acids is 3. The first-order chi connectivity index (χ1) is 22.7. The molecule has 0 bridgehead atoms. The molecule has 262 valence electrons. The molecular weight excluding hydrogens is 634 g/mol.